The summed E-state index contributed by atoms with van der Waals surface area (Å²) in [4.78, 5) is 22.7. The van der Waals surface area contributed by atoms with Gasteiger partial charge in [0.25, 0.3) is 0 Å². The molecule has 2 aromatic rings. The number of aromatic nitrogens is 2. The van der Waals surface area contributed by atoms with Crippen LogP contribution in [0.3, 0.4) is 0 Å². The number of aryl methyl sites for hydroxylation is 2. The van der Waals surface area contributed by atoms with Gasteiger partial charge in [-0.2, -0.15) is 0 Å². The molecule has 2 heterocycles. The highest BCUT2D eigenvalue weighted by molar-refractivity contribution is 5.76. The molecule has 0 saturated carbocycles. The van der Waals surface area contributed by atoms with Crippen LogP contribution in [0, 0.1) is 11.7 Å². The SMILES string of the molecule is O=C(CCc1cnccn1)N1CCC[C@@H](CCc2ccccc2F)C1. The van der Waals surface area contributed by atoms with Gasteiger partial charge in [-0.25, -0.2) is 4.39 Å². The van der Waals surface area contributed by atoms with Gasteiger partial charge in [0.05, 0.1) is 5.69 Å². The molecule has 3 rings (SSSR count). The van der Waals surface area contributed by atoms with Gasteiger partial charge in [-0.3, -0.25) is 14.8 Å². The molecule has 1 aromatic carbocycles. The van der Waals surface area contributed by atoms with Gasteiger partial charge < -0.3 is 4.90 Å². The number of carbonyl (C=O) groups excluding carboxylic acids is 1. The summed E-state index contributed by atoms with van der Waals surface area (Å²) in [7, 11) is 0. The van der Waals surface area contributed by atoms with E-state index in [1.54, 1.807) is 24.7 Å². The molecule has 1 aliphatic rings. The minimum absolute atomic E-state index is 0.129. The molecule has 0 unspecified atom stereocenters. The maximum absolute atomic E-state index is 13.7. The molecule has 0 aliphatic carbocycles. The lowest BCUT2D eigenvalue weighted by Gasteiger charge is -2.33. The Morgan fingerprint density at radius 3 is 2.92 bits per heavy atom. The molecule has 1 aromatic heterocycles. The van der Waals surface area contributed by atoms with E-state index < -0.39 is 0 Å². The predicted molar refractivity (Wildman–Crippen MR) is 94.4 cm³/mol. The maximum atomic E-state index is 13.7. The number of likely N-dealkylation sites (tertiary alicyclic amines) is 1. The first-order chi connectivity index (χ1) is 12.2. The normalized spacial score (nSPS) is 17.5. The van der Waals surface area contributed by atoms with Crippen molar-refractivity contribution in [2.45, 2.75) is 38.5 Å². The van der Waals surface area contributed by atoms with Crippen LogP contribution in [-0.2, 0) is 17.6 Å². The Balaban J connectivity index is 1.47. The molecular formula is C20H24FN3O. The van der Waals surface area contributed by atoms with Crippen molar-refractivity contribution in [2.24, 2.45) is 5.92 Å². The molecule has 1 saturated heterocycles. The number of nitrogens with zero attached hydrogens (tertiary/aromatic N) is 3. The molecule has 132 valence electrons. The first kappa shape index (κ1) is 17.5. The molecule has 1 amide bonds. The van der Waals surface area contributed by atoms with E-state index in [0.717, 1.165) is 50.0 Å². The predicted octanol–water partition coefficient (Wildman–Crippen LogP) is 3.42. The van der Waals surface area contributed by atoms with Crippen molar-refractivity contribution in [1.29, 1.82) is 0 Å². The fourth-order valence-corrected chi connectivity index (χ4v) is 3.44. The number of hydrogen-bond acceptors (Lipinski definition) is 3. The molecule has 5 heteroatoms. The summed E-state index contributed by atoms with van der Waals surface area (Å²) < 4.78 is 13.7. The topological polar surface area (TPSA) is 46.1 Å². The summed E-state index contributed by atoms with van der Waals surface area (Å²) in [5.74, 6) is 0.505. The van der Waals surface area contributed by atoms with Crippen LogP contribution >= 0.6 is 0 Å². The zero-order valence-corrected chi connectivity index (χ0v) is 14.4. The Hall–Kier alpha value is -2.30. The summed E-state index contributed by atoms with van der Waals surface area (Å²) in [5.41, 5.74) is 1.62. The summed E-state index contributed by atoms with van der Waals surface area (Å²) >= 11 is 0. The number of piperidine rings is 1. The van der Waals surface area contributed by atoms with Crippen LogP contribution in [0.25, 0.3) is 0 Å². The smallest absolute Gasteiger partial charge is 0.222 e. The molecule has 1 fully saturated rings. The van der Waals surface area contributed by atoms with Gasteiger partial charge in [-0.05, 0) is 49.7 Å². The van der Waals surface area contributed by atoms with E-state index in [1.165, 1.54) is 6.07 Å². The van der Waals surface area contributed by atoms with Gasteiger partial charge >= 0.3 is 0 Å². The number of amides is 1. The van der Waals surface area contributed by atoms with E-state index in [9.17, 15) is 9.18 Å². The highest BCUT2D eigenvalue weighted by atomic mass is 19.1. The van der Waals surface area contributed by atoms with Crippen molar-refractivity contribution in [3.8, 4) is 0 Å². The molecule has 1 atom stereocenters. The second kappa shape index (κ2) is 8.70. The zero-order chi connectivity index (χ0) is 17.5. The van der Waals surface area contributed by atoms with E-state index in [4.69, 9.17) is 0 Å². The standard InChI is InChI=1S/C20H24FN3O/c21-19-6-2-1-5-17(19)8-7-16-4-3-13-24(15-16)20(25)10-9-18-14-22-11-12-23-18/h1-2,5-6,11-12,14,16H,3-4,7-10,13,15H2/t16-/m0/s1. The molecule has 0 radical (unpaired) electrons. The zero-order valence-electron chi connectivity index (χ0n) is 14.4. The molecule has 25 heavy (non-hydrogen) atoms. The summed E-state index contributed by atoms with van der Waals surface area (Å²) in [6, 6.07) is 6.96. The van der Waals surface area contributed by atoms with Crippen LogP contribution < -0.4 is 0 Å². The van der Waals surface area contributed by atoms with Gasteiger partial charge in [-0.15, -0.1) is 0 Å². The molecule has 0 spiro atoms. The monoisotopic (exact) mass is 341 g/mol. The van der Waals surface area contributed by atoms with Crippen molar-refractivity contribution in [3.05, 3.63) is 59.9 Å². The first-order valence-electron chi connectivity index (χ1n) is 8.98. The summed E-state index contributed by atoms with van der Waals surface area (Å²) in [6.45, 7) is 1.61. The third kappa shape index (κ3) is 5.08. The van der Waals surface area contributed by atoms with E-state index in [1.807, 2.05) is 17.0 Å². The largest absolute Gasteiger partial charge is 0.342 e. The highest BCUT2D eigenvalue weighted by Crippen LogP contribution is 2.23. The third-order valence-corrected chi connectivity index (χ3v) is 4.86. The van der Waals surface area contributed by atoms with Crippen LogP contribution in [0.4, 0.5) is 4.39 Å². The Labute approximate surface area is 148 Å². The maximum Gasteiger partial charge on any atom is 0.222 e. The molecular weight excluding hydrogens is 317 g/mol. The fourth-order valence-electron chi connectivity index (χ4n) is 3.44. The van der Waals surface area contributed by atoms with Crippen molar-refractivity contribution in [1.82, 2.24) is 14.9 Å². The molecule has 4 nitrogen and oxygen atoms in total. The average Bonchev–Trinajstić information content (AvgIpc) is 2.66. The van der Waals surface area contributed by atoms with Gasteiger partial charge in [0.1, 0.15) is 5.82 Å². The second-order valence-corrected chi connectivity index (χ2v) is 6.67. The fraction of sp³-hybridized carbons (Fsp3) is 0.450. The molecule has 1 aliphatic heterocycles. The average molecular weight is 341 g/mol. The number of halogens is 1. The second-order valence-electron chi connectivity index (χ2n) is 6.67. The highest BCUT2D eigenvalue weighted by Gasteiger charge is 2.23. The number of hydrogen-bond donors (Lipinski definition) is 0. The first-order valence-corrected chi connectivity index (χ1v) is 8.98. The van der Waals surface area contributed by atoms with Crippen molar-refractivity contribution in [3.63, 3.8) is 0 Å². The number of rotatable bonds is 6. The molecule has 0 bridgehead atoms. The number of benzene rings is 1. The third-order valence-electron chi connectivity index (χ3n) is 4.86. The van der Waals surface area contributed by atoms with Crippen LogP contribution in [0.1, 0.15) is 36.9 Å². The summed E-state index contributed by atoms with van der Waals surface area (Å²) in [5, 5.41) is 0. The van der Waals surface area contributed by atoms with Crippen LogP contribution in [-0.4, -0.2) is 33.9 Å². The van der Waals surface area contributed by atoms with Crippen LogP contribution in [0.5, 0.6) is 0 Å². The lowest BCUT2D eigenvalue weighted by atomic mass is 9.91. The van der Waals surface area contributed by atoms with Gasteiger partial charge in [-0.1, -0.05) is 18.2 Å². The van der Waals surface area contributed by atoms with Gasteiger partial charge in [0.15, 0.2) is 0 Å². The summed E-state index contributed by atoms with van der Waals surface area (Å²) in [6.07, 6.45) is 9.90. The Morgan fingerprint density at radius 2 is 2.12 bits per heavy atom. The van der Waals surface area contributed by atoms with Crippen LogP contribution in [0.15, 0.2) is 42.9 Å². The Kier molecular flexibility index (Phi) is 6.09. The molecule has 0 N–H and O–H groups in total. The van der Waals surface area contributed by atoms with E-state index in [2.05, 4.69) is 9.97 Å². The van der Waals surface area contributed by atoms with Gasteiger partial charge in [0, 0.05) is 38.1 Å². The van der Waals surface area contributed by atoms with Crippen molar-refractivity contribution in [2.75, 3.05) is 13.1 Å². The minimum Gasteiger partial charge on any atom is -0.342 e. The van der Waals surface area contributed by atoms with E-state index in [0.29, 0.717) is 18.8 Å². The van der Waals surface area contributed by atoms with Crippen LogP contribution in [0.2, 0.25) is 0 Å². The van der Waals surface area contributed by atoms with E-state index in [-0.39, 0.29) is 11.7 Å². The van der Waals surface area contributed by atoms with E-state index >= 15 is 0 Å². The van der Waals surface area contributed by atoms with Crippen molar-refractivity contribution >= 4 is 5.91 Å². The lowest BCUT2D eigenvalue weighted by molar-refractivity contribution is -0.133. The minimum atomic E-state index is -0.129. The Bertz CT molecular complexity index is 692. The van der Waals surface area contributed by atoms with Gasteiger partial charge in [0.2, 0.25) is 5.91 Å². The Morgan fingerprint density at radius 1 is 1.24 bits per heavy atom. The van der Waals surface area contributed by atoms with Crippen molar-refractivity contribution < 1.29 is 9.18 Å². The quantitative estimate of drug-likeness (QED) is 0.809. The number of carbonyl (C=O) groups is 1. The lowest BCUT2D eigenvalue weighted by Crippen LogP contribution is -2.40.